The summed E-state index contributed by atoms with van der Waals surface area (Å²) in [4.78, 5) is 28.8. The number of carbonyl (C=O) groups excluding carboxylic acids is 2. The van der Waals surface area contributed by atoms with Gasteiger partial charge >= 0.3 is 0 Å². The first-order valence-electron chi connectivity index (χ1n) is 10.6. The first kappa shape index (κ1) is 23.9. The normalized spacial score (nSPS) is 15.9. The van der Waals surface area contributed by atoms with Crippen molar-refractivity contribution in [3.05, 3.63) is 59.7 Å². The predicted octanol–water partition coefficient (Wildman–Crippen LogP) is 1.75. The quantitative estimate of drug-likeness (QED) is 0.659. The summed E-state index contributed by atoms with van der Waals surface area (Å²) in [6.07, 6.45) is 0. The number of hydrogen-bond acceptors (Lipinski definition) is 5. The smallest absolute Gasteiger partial charge is 0.241 e. The number of piperazine rings is 1. The molecule has 0 radical (unpaired) electrons. The number of nitrogens with one attached hydrogen (secondary N) is 2. The standard InChI is InChI=1S/C23H30N4O4S/c1-17-4-8-20(9-5-17)24-22(28)16-26-12-14-27(15-13-26)23(29)19(3)25-32(30,31)21-10-6-18(2)7-11-21/h4-11,19,25H,12-16H2,1-3H3,(H,24,28)/t19-/m0/s1. The largest absolute Gasteiger partial charge is 0.339 e. The van der Waals surface area contributed by atoms with Gasteiger partial charge in [0.05, 0.1) is 17.5 Å². The zero-order valence-corrected chi connectivity index (χ0v) is 19.5. The Bertz CT molecular complexity index is 1040. The Morgan fingerprint density at radius 2 is 1.44 bits per heavy atom. The third kappa shape index (κ3) is 6.38. The van der Waals surface area contributed by atoms with E-state index in [0.29, 0.717) is 26.2 Å². The second kappa shape index (κ2) is 10.2. The molecule has 0 aliphatic carbocycles. The maximum atomic E-state index is 12.8. The van der Waals surface area contributed by atoms with E-state index in [9.17, 15) is 18.0 Å². The van der Waals surface area contributed by atoms with Crippen LogP contribution in [-0.4, -0.2) is 68.8 Å². The highest BCUT2D eigenvalue weighted by atomic mass is 32.2. The summed E-state index contributed by atoms with van der Waals surface area (Å²) >= 11 is 0. The van der Waals surface area contributed by atoms with Gasteiger partial charge in [-0.1, -0.05) is 35.4 Å². The van der Waals surface area contributed by atoms with E-state index in [1.165, 1.54) is 12.1 Å². The van der Waals surface area contributed by atoms with Crippen LogP contribution in [0.1, 0.15) is 18.1 Å². The lowest BCUT2D eigenvalue weighted by atomic mass is 10.2. The van der Waals surface area contributed by atoms with Crippen molar-refractivity contribution in [1.82, 2.24) is 14.5 Å². The molecule has 3 rings (SSSR count). The highest BCUT2D eigenvalue weighted by Crippen LogP contribution is 2.12. The molecule has 2 aromatic rings. The molecule has 0 aromatic heterocycles. The number of anilines is 1. The topological polar surface area (TPSA) is 98.8 Å². The lowest BCUT2D eigenvalue weighted by Gasteiger charge is -2.35. The van der Waals surface area contributed by atoms with Crippen LogP contribution < -0.4 is 10.0 Å². The summed E-state index contributed by atoms with van der Waals surface area (Å²) in [5, 5.41) is 2.88. The summed E-state index contributed by atoms with van der Waals surface area (Å²) in [6.45, 7) is 7.62. The number of amides is 2. The van der Waals surface area contributed by atoms with E-state index in [-0.39, 0.29) is 23.3 Å². The molecule has 0 unspecified atom stereocenters. The van der Waals surface area contributed by atoms with Gasteiger partial charge in [0.2, 0.25) is 21.8 Å². The highest BCUT2D eigenvalue weighted by Gasteiger charge is 2.28. The summed E-state index contributed by atoms with van der Waals surface area (Å²) in [6, 6.07) is 13.2. The molecule has 32 heavy (non-hydrogen) atoms. The fraction of sp³-hybridized carbons (Fsp3) is 0.391. The Balaban J connectivity index is 1.47. The van der Waals surface area contributed by atoms with Gasteiger partial charge in [-0.3, -0.25) is 14.5 Å². The number of benzene rings is 2. The van der Waals surface area contributed by atoms with E-state index in [0.717, 1.165) is 16.8 Å². The molecule has 0 spiro atoms. The van der Waals surface area contributed by atoms with Gasteiger partial charge in [-0.2, -0.15) is 4.72 Å². The molecule has 172 valence electrons. The van der Waals surface area contributed by atoms with Crippen molar-refractivity contribution >= 4 is 27.5 Å². The average molecular weight is 459 g/mol. The molecule has 0 saturated carbocycles. The van der Waals surface area contributed by atoms with E-state index in [4.69, 9.17) is 0 Å². The predicted molar refractivity (Wildman–Crippen MR) is 124 cm³/mol. The van der Waals surface area contributed by atoms with Crippen LogP contribution in [0, 0.1) is 13.8 Å². The molecule has 2 aromatic carbocycles. The van der Waals surface area contributed by atoms with Gasteiger partial charge in [0.15, 0.2) is 0 Å². The molecule has 9 heteroatoms. The third-order valence-electron chi connectivity index (χ3n) is 5.42. The van der Waals surface area contributed by atoms with E-state index < -0.39 is 16.1 Å². The average Bonchev–Trinajstić information content (AvgIpc) is 2.75. The van der Waals surface area contributed by atoms with E-state index in [1.807, 2.05) is 43.0 Å². The SMILES string of the molecule is Cc1ccc(NC(=O)CN2CCN(C(=O)[C@H](C)NS(=O)(=O)c3ccc(C)cc3)CC2)cc1. The van der Waals surface area contributed by atoms with Gasteiger partial charge in [0.25, 0.3) is 0 Å². The van der Waals surface area contributed by atoms with Crippen molar-refractivity contribution in [2.45, 2.75) is 31.7 Å². The van der Waals surface area contributed by atoms with Crippen molar-refractivity contribution in [3.8, 4) is 0 Å². The van der Waals surface area contributed by atoms with Crippen molar-refractivity contribution in [2.75, 3.05) is 38.0 Å². The highest BCUT2D eigenvalue weighted by molar-refractivity contribution is 7.89. The maximum absolute atomic E-state index is 12.8. The minimum atomic E-state index is -3.78. The van der Waals surface area contributed by atoms with Crippen LogP contribution in [0.25, 0.3) is 0 Å². The summed E-state index contributed by atoms with van der Waals surface area (Å²) in [5.41, 5.74) is 2.83. The third-order valence-corrected chi connectivity index (χ3v) is 6.98. The fourth-order valence-electron chi connectivity index (χ4n) is 3.51. The van der Waals surface area contributed by atoms with E-state index in [1.54, 1.807) is 24.0 Å². The number of carbonyl (C=O) groups is 2. The lowest BCUT2D eigenvalue weighted by Crippen LogP contribution is -2.54. The Labute approximate surface area is 189 Å². The van der Waals surface area contributed by atoms with Gasteiger partial charge < -0.3 is 10.2 Å². The van der Waals surface area contributed by atoms with Crippen LogP contribution in [0.3, 0.4) is 0 Å². The molecule has 1 atom stereocenters. The fourth-order valence-corrected chi connectivity index (χ4v) is 4.71. The molecular weight excluding hydrogens is 428 g/mol. The van der Waals surface area contributed by atoms with Crippen LogP contribution >= 0.6 is 0 Å². The van der Waals surface area contributed by atoms with Crippen molar-refractivity contribution in [2.24, 2.45) is 0 Å². The van der Waals surface area contributed by atoms with Crippen LogP contribution in [0.2, 0.25) is 0 Å². The number of sulfonamides is 1. The Morgan fingerprint density at radius 3 is 2.00 bits per heavy atom. The molecule has 2 amide bonds. The number of hydrogen-bond donors (Lipinski definition) is 2. The molecule has 1 heterocycles. The van der Waals surface area contributed by atoms with Gasteiger partial charge in [-0.25, -0.2) is 8.42 Å². The zero-order valence-electron chi connectivity index (χ0n) is 18.7. The van der Waals surface area contributed by atoms with Crippen LogP contribution in [-0.2, 0) is 19.6 Å². The zero-order chi connectivity index (χ0) is 23.3. The molecule has 1 fully saturated rings. The van der Waals surface area contributed by atoms with Crippen LogP contribution in [0.5, 0.6) is 0 Å². The summed E-state index contributed by atoms with van der Waals surface area (Å²) < 4.78 is 27.6. The Hall–Kier alpha value is -2.75. The molecule has 1 aliphatic rings. The Morgan fingerprint density at radius 1 is 0.906 bits per heavy atom. The minimum absolute atomic E-state index is 0.104. The van der Waals surface area contributed by atoms with Gasteiger partial charge in [-0.05, 0) is 45.0 Å². The first-order chi connectivity index (χ1) is 15.1. The molecule has 0 bridgehead atoms. The molecular formula is C23H30N4O4S. The molecule has 1 saturated heterocycles. The number of rotatable bonds is 7. The molecule has 8 nitrogen and oxygen atoms in total. The first-order valence-corrected chi connectivity index (χ1v) is 12.1. The summed E-state index contributed by atoms with van der Waals surface area (Å²) in [7, 11) is -3.78. The van der Waals surface area contributed by atoms with E-state index in [2.05, 4.69) is 10.0 Å². The van der Waals surface area contributed by atoms with Crippen molar-refractivity contribution in [1.29, 1.82) is 0 Å². The number of nitrogens with zero attached hydrogens (tertiary/aromatic N) is 2. The Kier molecular flexibility index (Phi) is 7.65. The monoisotopic (exact) mass is 458 g/mol. The second-order valence-corrected chi connectivity index (χ2v) is 9.89. The van der Waals surface area contributed by atoms with Gasteiger partial charge in [-0.15, -0.1) is 0 Å². The lowest BCUT2D eigenvalue weighted by molar-refractivity contribution is -0.134. The number of aryl methyl sites for hydroxylation is 2. The molecule has 1 aliphatic heterocycles. The van der Waals surface area contributed by atoms with E-state index >= 15 is 0 Å². The van der Waals surface area contributed by atoms with Gasteiger partial charge in [0, 0.05) is 31.9 Å². The summed E-state index contributed by atoms with van der Waals surface area (Å²) in [5.74, 6) is -0.378. The van der Waals surface area contributed by atoms with Crippen molar-refractivity contribution in [3.63, 3.8) is 0 Å². The van der Waals surface area contributed by atoms with Gasteiger partial charge in [0.1, 0.15) is 0 Å². The van der Waals surface area contributed by atoms with Crippen LogP contribution in [0.4, 0.5) is 5.69 Å². The molecule has 2 N–H and O–H groups in total. The minimum Gasteiger partial charge on any atom is -0.339 e. The van der Waals surface area contributed by atoms with Crippen molar-refractivity contribution < 1.29 is 18.0 Å². The van der Waals surface area contributed by atoms with Crippen LogP contribution in [0.15, 0.2) is 53.4 Å². The maximum Gasteiger partial charge on any atom is 0.241 e. The second-order valence-electron chi connectivity index (χ2n) is 8.17.